The largest absolute Gasteiger partial charge is 0.355 e. The lowest BCUT2D eigenvalue weighted by atomic mass is 10.3. The van der Waals surface area contributed by atoms with Crippen LogP contribution in [0.4, 0.5) is 0 Å². The van der Waals surface area contributed by atoms with Crippen molar-refractivity contribution in [3.63, 3.8) is 0 Å². The molecule has 0 atom stereocenters. The Hall–Kier alpha value is -2.25. The van der Waals surface area contributed by atoms with E-state index >= 15 is 0 Å². The summed E-state index contributed by atoms with van der Waals surface area (Å²) in [7, 11) is 0. The normalized spacial score (nSPS) is 11.0. The highest BCUT2D eigenvalue weighted by Gasteiger charge is 2.04. The van der Waals surface area contributed by atoms with E-state index in [1.807, 2.05) is 42.2 Å². The Labute approximate surface area is 144 Å². The number of hydrogen-bond donors (Lipinski definition) is 2. The maximum absolute atomic E-state index is 11.8. The van der Waals surface area contributed by atoms with Crippen molar-refractivity contribution in [3.8, 4) is 0 Å². The minimum Gasteiger partial charge on any atom is -0.355 e. The quantitative estimate of drug-likeness (QED) is 0.611. The van der Waals surface area contributed by atoms with Crippen LogP contribution in [0.1, 0.15) is 10.6 Å². The number of para-hydroxylation sites is 1. The fourth-order valence-corrected chi connectivity index (χ4v) is 3.35. The molecule has 2 aromatic heterocycles. The number of benzene rings is 1. The first kappa shape index (κ1) is 16.6. The summed E-state index contributed by atoms with van der Waals surface area (Å²) in [4.78, 5) is 16.4. The fraction of sp³-hybridized carbons (Fsp3) is 0.353. The molecule has 1 amide bonds. The summed E-state index contributed by atoms with van der Waals surface area (Å²) in [6.07, 6.45) is 4.58. The minimum atomic E-state index is 0.00718. The first-order valence-electron chi connectivity index (χ1n) is 8.01. The van der Waals surface area contributed by atoms with Gasteiger partial charge in [-0.1, -0.05) is 12.1 Å². The number of nitrogens with zero attached hydrogens (tertiary/aromatic N) is 3. The summed E-state index contributed by atoms with van der Waals surface area (Å²) in [5.74, 6) is 0.00718. The van der Waals surface area contributed by atoms with Crippen LogP contribution in [0.5, 0.6) is 0 Å². The van der Waals surface area contributed by atoms with Gasteiger partial charge in [-0.25, -0.2) is 4.98 Å². The molecule has 0 aliphatic heterocycles. The predicted octanol–water partition coefficient (Wildman–Crippen LogP) is 1.75. The molecule has 2 heterocycles. The summed E-state index contributed by atoms with van der Waals surface area (Å²) in [6.45, 7) is 4.41. The third-order valence-electron chi connectivity index (χ3n) is 3.56. The highest BCUT2D eigenvalue weighted by Crippen LogP contribution is 2.21. The van der Waals surface area contributed by atoms with Crippen LogP contribution >= 0.6 is 11.3 Å². The predicted molar refractivity (Wildman–Crippen MR) is 96.2 cm³/mol. The maximum atomic E-state index is 11.8. The second kappa shape index (κ2) is 8.03. The average Bonchev–Trinajstić information content (AvgIpc) is 3.17. The number of aromatic nitrogens is 3. The van der Waals surface area contributed by atoms with E-state index in [0.717, 1.165) is 29.1 Å². The Morgan fingerprint density at radius 1 is 1.29 bits per heavy atom. The first-order valence-corrected chi connectivity index (χ1v) is 8.83. The molecule has 6 nitrogen and oxygen atoms in total. The maximum Gasteiger partial charge on any atom is 0.233 e. The van der Waals surface area contributed by atoms with E-state index in [2.05, 4.69) is 26.8 Å². The molecule has 7 heteroatoms. The molecule has 0 bridgehead atoms. The van der Waals surface area contributed by atoms with Crippen LogP contribution in [0.25, 0.3) is 10.2 Å². The molecule has 1 aromatic carbocycles. The van der Waals surface area contributed by atoms with Crippen molar-refractivity contribution < 1.29 is 4.79 Å². The number of rotatable bonds is 8. The van der Waals surface area contributed by atoms with Gasteiger partial charge in [0.05, 0.1) is 34.5 Å². The summed E-state index contributed by atoms with van der Waals surface area (Å²) in [6, 6.07) is 8.09. The molecule has 126 valence electrons. The molecule has 0 radical (unpaired) electrons. The van der Waals surface area contributed by atoms with Gasteiger partial charge in [-0.3, -0.25) is 9.48 Å². The van der Waals surface area contributed by atoms with E-state index in [0.29, 0.717) is 19.6 Å². The molecular weight excluding hydrogens is 322 g/mol. The number of hydrogen-bond acceptors (Lipinski definition) is 5. The van der Waals surface area contributed by atoms with E-state index in [-0.39, 0.29) is 5.91 Å². The third-order valence-corrected chi connectivity index (χ3v) is 4.66. The van der Waals surface area contributed by atoms with Crippen molar-refractivity contribution in [2.24, 2.45) is 0 Å². The number of carbonyl (C=O) groups is 1. The van der Waals surface area contributed by atoms with Gasteiger partial charge in [0, 0.05) is 25.7 Å². The van der Waals surface area contributed by atoms with E-state index in [1.165, 1.54) is 4.70 Å². The van der Waals surface area contributed by atoms with Gasteiger partial charge in [0.2, 0.25) is 5.91 Å². The molecule has 3 rings (SSSR count). The average molecular weight is 343 g/mol. The highest BCUT2D eigenvalue weighted by molar-refractivity contribution is 7.18. The van der Waals surface area contributed by atoms with Crippen LogP contribution in [-0.4, -0.2) is 40.3 Å². The standard InChI is InChI=1S/C17H21N5OS/c1-13-10-20-22(12-13)9-8-18-11-16(23)19-7-6-17-21-14-4-2-3-5-15(14)24-17/h2-5,10,12,18H,6-9,11H2,1H3,(H,19,23). The summed E-state index contributed by atoms with van der Waals surface area (Å²) >= 11 is 1.68. The van der Waals surface area contributed by atoms with E-state index in [1.54, 1.807) is 11.3 Å². The van der Waals surface area contributed by atoms with Gasteiger partial charge in [0.1, 0.15) is 0 Å². The molecule has 24 heavy (non-hydrogen) atoms. The van der Waals surface area contributed by atoms with E-state index in [9.17, 15) is 4.79 Å². The van der Waals surface area contributed by atoms with Crippen LogP contribution in [-0.2, 0) is 17.8 Å². The van der Waals surface area contributed by atoms with Gasteiger partial charge in [0.25, 0.3) is 0 Å². The van der Waals surface area contributed by atoms with Crippen molar-refractivity contribution in [2.45, 2.75) is 19.9 Å². The number of thiazole rings is 1. The Kier molecular flexibility index (Phi) is 5.55. The van der Waals surface area contributed by atoms with Crippen LogP contribution in [0.15, 0.2) is 36.7 Å². The van der Waals surface area contributed by atoms with E-state index < -0.39 is 0 Å². The Morgan fingerprint density at radius 3 is 2.96 bits per heavy atom. The number of fused-ring (bicyclic) bond motifs is 1. The monoisotopic (exact) mass is 343 g/mol. The second-order valence-corrected chi connectivity index (χ2v) is 6.75. The van der Waals surface area contributed by atoms with Crippen LogP contribution in [0.2, 0.25) is 0 Å². The lowest BCUT2D eigenvalue weighted by molar-refractivity contribution is -0.120. The van der Waals surface area contributed by atoms with Gasteiger partial charge >= 0.3 is 0 Å². The zero-order valence-electron chi connectivity index (χ0n) is 13.7. The van der Waals surface area contributed by atoms with Crippen molar-refractivity contribution in [3.05, 3.63) is 47.2 Å². The lowest BCUT2D eigenvalue weighted by Gasteiger charge is -2.06. The summed E-state index contributed by atoms with van der Waals surface area (Å²) in [5.41, 5.74) is 2.17. The molecule has 2 N–H and O–H groups in total. The van der Waals surface area contributed by atoms with Crippen LogP contribution < -0.4 is 10.6 Å². The van der Waals surface area contributed by atoms with Crippen molar-refractivity contribution in [1.82, 2.24) is 25.4 Å². The molecule has 0 unspecified atom stereocenters. The highest BCUT2D eigenvalue weighted by atomic mass is 32.1. The van der Waals surface area contributed by atoms with Crippen molar-refractivity contribution in [1.29, 1.82) is 0 Å². The number of nitrogens with one attached hydrogen (secondary N) is 2. The van der Waals surface area contributed by atoms with Crippen LogP contribution in [0.3, 0.4) is 0 Å². The molecule has 0 aliphatic rings. The SMILES string of the molecule is Cc1cnn(CCNCC(=O)NCCc2nc3ccccc3s2)c1. The first-order chi connectivity index (χ1) is 11.7. The smallest absolute Gasteiger partial charge is 0.233 e. The van der Waals surface area contributed by atoms with Crippen molar-refractivity contribution in [2.75, 3.05) is 19.6 Å². The fourth-order valence-electron chi connectivity index (χ4n) is 2.38. The Bertz CT molecular complexity index is 777. The van der Waals surface area contributed by atoms with Gasteiger partial charge in [-0.2, -0.15) is 5.10 Å². The van der Waals surface area contributed by atoms with Gasteiger partial charge in [0.15, 0.2) is 0 Å². The second-order valence-electron chi connectivity index (χ2n) is 5.63. The molecule has 0 saturated carbocycles. The number of aryl methyl sites for hydroxylation is 1. The molecule has 0 fully saturated rings. The molecule has 0 spiro atoms. The van der Waals surface area contributed by atoms with Gasteiger partial charge in [-0.15, -0.1) is 11.3 Å². The third kappa shape index (κ3) is 4.62. The van der Waals surface area contributed by atoms with Crippen LogP contribution in [0, 0.1) is 6.92 Å². The minimum absolute atomic E-state index is 0.00718. The van der Waals surface area contributed by atoms with E-state index in [4.69, 9.17) is 0 Å². The Balaban J connectivity index is 1.32. The number of carbonyl (C=O) groups excluding carboxylic acids is 1. The van der Waals surface area contributed by atoms with Gasteiger partial charge in [-0.05, 0) is 24.6 Å². The molecule has 0 saturated heterocycles. The number of amides is 1. The topological polar surface area (TPSA) is 71.8 Å². The van der Waals surface area contributed by atoms with Crippen molar-refractivity contribution >= 4 is 27.5 Å². The molecule has 3 aromatic rings. The molecular formula is C17H21N5OS. The zero-order chi connectivity index (χ0) is 16.8. The molecule has 0 aliphatic carbocycles. The van der Waals surface area contributed by atoms with Gasteiger partial charge < -0.3 is 10.6 Å². The Morgan fingerprint density at radius 2 is 2.17 bits per heavy atom. The summed E-state index contributed by atoms with van der Waals surface area (Å²) < 4.78 is 3.06. The summed E-state index contributed by atoms with van der Waals surface area (Å²) in [5, 5.41) is 11.3. The zero-order valence-corrected chi connectivity index (χ0v) is 14.5. The lowest BCUT2D eigenvalue weighted by Crippen LogP contribution is -2.36.